The first kappa shape index (κ1) is 20.8. The van der Waals surface area contributed by atoms with Crippen LogP contribution in [0.5, 0.6) is 0 Å². The zero-order chi connectivity index (χ0) is 22.4. The summed E-state index contributed by atoms with van der Waals surface area (Å²) < 4.78 is 1.97. The molecule has 6 heteroatoms. The lowest BCUT2D eigenvalue weighted by Crippen LogP contribution is -2.47. The number of halogens is 1. The average molecular weight is 447 g/mol. The number of benzene rings is 2. The Morgan fingerprint density at radius 1 is 1.16 bits per heavy atom. The Kier molecular flexibility index (Phi) is 5.30. The average Bonchev–Trinajstić information content (AvgIpc) is 3.39. The molecule has 2 unspecified atom stereocenters. The number of nitrogens with zero attached hydrogens (tertiary/aromatic N) is 3. The van der Waals surface area contributed by atoms with Crippen molar-refractivity contribution < 1.29 is 4.79 Å². The molecule has 3 heterocycles. The zero-order valence-corrected chi connectivity index (χ0v) is 19.4. The highest BCUT2D eigenvalue weighted by molar-refractivity contribution is 6.34. The van der Waals surface area contributed by atoms with Crippen molar-refractivity contribution in [2.24, 2.45) is 7.05 Å². The molecule has 1 aliphatic heterocycles. The summed E-state index contributed by atoms with van der Waals surface area (Å²) in [4.78, 5) is 19.1. The number of nitrogens with one attached hydrogen (secondary N) is 1. The van der Waals surface area contributed by atoms with Crippen molar-refractivity contribution in [1.29, 1.82) is 0 Å². The highest BCUT2D eigenvalue weighted by Gasteiger charge is 2.40. The van der Waals surface area contributed by atoms with Gasteiger partial charge in [0.25, 0.3) is 5.91 Å². The molecular formula is C26H27ClN4O. The van der Waals surface area contributed by atoms with E-state index in [4.69, 9.17) is 16.7 Å². The Morgan fingerprint density at radius 3 is 2.66 bits per heavy atom. The fourth-order valence-electron chi connectivity index (χ4n) is 5.15. The van der Waals surface area contributed by atoms with Crippen molar-refractivity contribution in [2.75, 3.05) is 0 Å². The van der Waals surface area contributed by atoms with Crippen molar-refractivity contribution in [3.05, 3.63) is 76.6 Å². The SMILES string of the molecule is CCC1Cc2c(nn(C)c2-c2ccccc2)C(CC)N1C(=O)c1cc2[nH]ccc2cc1Cl. The smallest absolute Gasteiger partial charge is 0.256 e. The number of amides is 1. The predicted molar refractivity (Wildman–Crippen MR) is 129 cm³/mol. The third kappa shape index (κ3) is 3.23. The fraction of sp³-hybridized carbons (Fsp3) is 0.308. The highest BCUT2D eigenvalue weighted by atomic mass is 35.5. The lowest BCUT2D eigenvalue weighted by molar-refractivity contribution is 0.0513. The lowest BCUT2D eigenvalue weighted by atomic mass is 9.87. The van der Waals surface area contributed by atoms with E-state index in [1.807, 2.05) is 47.1 Å². The maximum absolute atomic E-state index is 13.9. The maximum Gasteiger partial charge on any atom is 0.256 e. The molecule has 1 N–H and O–H groups in total. The molecule has 4 aromatic rings. The van der Waals surface area contributed by atoms with E-state index in [0.29, 0.717) is 10.6 Å². The quantitative estimate of drug-likeness (QED) is 0.408. The minimum atomic E-state index is -0.0877. The third-order valence-electron chi connectivity index (χ3n) is 6.67. The molecule has 1 amide bonds. The normalized spacial score (nSPS) is 18.2. The van der Waals surface area contributed by atoms with Gasteiger partial charge in [-0.1, -0.05) is 55.8 Å². The van der Waals surface area contributed by atoms with Gasteiger partial charge >= 0.3 is 0 Å². The molecule has 0 saturated heterocycles. The minimum absolute atomic E-state index is 0.0252. The number of aromatic nitrogens is 3. The first-order valence-electron chi connectivity index (χ1n) is 11.2. The minimum Gasteiger partial charge on any atom is -0.361 e. The zero-order valence-electron chi connectivity index (χ0n) is 18.6. The maximum atomic E-state index is 13.9. The summed E-state index contributed by atoms with van der Waals surface area (Å²) in [7, 11) is 2.00. The van der Waals surface area contributed by atoms with Crippen LogP contribution in [0.4, 0.5) is 0 Å². The molecule has 2 aromatic heterocycles. The number of carbonyl (C=O) groups is 1. The van der Waals surface area contributed by atoms with E-state index >= 15 is 0 Å². The first-order chi connectivity index (χ1) is 15.5. The fourth-order valence-corrected chi connectivity index (χ4v) is 5.40. The Bertz CT molecular complexity index is 1290. The van der Waals surface area contributed by atoms with Gasteiger partial charge in [-0.05, 0) is 37.5 Å². The largest absolute Gasteiger partial charge is 0.361 e. The molecule has 0 fully saturated rings. The number of carbonyl (C=O) groups excluding carboxylic acids is 1. The van der Waals surface area contributed by atoms with Crippen LogP contribution in [0, 0.1) is 0 Å². The predicted octanol–water partition coefficient (Wildman–Crippen LogP) is 6.15. The molecule has 1 aliphatic rings. The van der Waals surface area contributed by atoms with Gasteiger partial charge in [-0.3, -0.25) is 9.48 Å². The van der Waals surface area contributed by atoms with E-state index in [9.17, 15) is 4.79 Å². The third-order valence-corrected chi connectivity index (χ3v) is 6.98. The van der Waals surface area contributed by atoms with Crippen molar-refractivity contribution in [2.45, 2.75) is 45.2 Å². The van der Waals surface area contributed by atoms with Crippen molar-refractivity contribution in [3.63, 3.8) is 0 Å². The molecule has 0 bridgehead atoms. The van der Waals surface area contributed by atoms with Gasteiger partial charge in [0, 0.05) is 41.3 Å². The molecule has 0 radical (unpaired) electrons. The first-order valence-corrected chi connectivity index (χ1v) is 11.6. The van der Waals surface area contributed by atoms with Gasteiger partial charge in [-0.25, -0.2) is 0 Å². The summed E-state index contributed by atoms with van der Waals surface area (Å²) in [5.41, 5.74) is 6.03. The number of fused-ring (bicyclic) bond motifs is 2. The van der Waals surface area contributed by atoms with Crippen LogP contribution in [0.25, 0.3) is 22.2 Å². The Labute approximate surface area is 193 Å². The number of aromatic amines is 1. The van der Waals surface area contributed by atoms with Gasteiger partial charge in [0.15, 0.2) is 0 Å². The van der Waals surface area contributed by atoms with E-state index in [2.05, 4.69) is 43.1 Å². The molecule has 0 saturated carbocycles. The number of H-pyrrole nitrogens is 1. The van der Waals surface area contributed by atoms with E-state index in [1.54, 1.807) is 0 Å². The Hall–Kier alpha value is -3.05. The highest BCUT2D eigenvalue weighted by Crippen LogP contribution is 2.41. The second-order valence-electron chi connectivity index (χ2n) is 8.50. The molecule has 5 rings (SSSR count). The van der Waals surface area contributed by atoms with Gasteiger partial charge in [0.2, 0.25) is 0 Å². The Balaban J connectivity index is 1.61. The standard InChI is InChI=1S/C26H27ClN4O/c1-4-18-14-20-24(29-30(3)25(20)16-9-7-6-8-10-16)23(5-2)31(18)26(32)19-15-22-17(11-12-28-22)13-21(19)27/h6-13,15,18,23,28H,4-5,14H2,1-3H3. The summed E-state index contributed by atoms with van der Waals surface area (Å²) in [6, 6.07) is 16.1. The number of aryl methyl sites for hydroxylation is 1. The number of hydrogen-bond donors (Lipinski definition) is 1. The Morgan fingerprint density at radius 2 is 1.94 bits per heavy atom. The van der Waals surface area contributed by atoms with Crippen LogP contribution >= 0.6 is 11.6 Å². The van der Waals surface area contributed by atoms with Crippen molar-refractivity contribution >= 4 is 28.4 Å². The summed E-state index contributed by atoms with van der Waals surface area (Å²) in [5.74, 6) is -0.0252. The lowest BCUT2D eigenvalue weighted by Gasteiger charge is -2.41. The van der Waals surface area contributed by atoms with Crippen LogP contribution in [-0.4, -0.2) is 31.6 Å². The van der Waals surface area contributed by atoms with E-state index in [0.717, 1.165) is 47.1 Å². The van der Waals surface area contributed by atoms with E-state index in [1.165, 1.54) is 5.56 Å². The van der Waals surface area contributed by atoms with Crippen LogP contribution in [0.3, 0.4) is 0 Å². The summed E-state index contributed by atoms with van der Waals surface area (Å²) in [6.07, 6.45) is 4.32. The van der Waals surface area contributed by atoms with Gasteiger partial charge in [0.1, 0.15) is 0 Å². The topological polar surface area (TPSA) is 53.9 Å². The van der Waals surface area contributed by atoms with E-state index in [-0.39, 0.29) is 18.0 Å². The van der Waals surface area contributed by atoms with Gasteiger partial charge in [0.05, 0.1) is 28.0 Å². The molecule has 164 valence electrons. The number of rotatable bonds is 4. The van der Waals surface area contributed by atoms with Gasteiger partial charge in [-0.15, -0.1) is 0 Å². The van der Waals surface area contributed by atoms with Gasteiger partial charge < -0.3 is 9.88 Å². The summed E-state index contributed by atoms with van der Waals surface area (Å²) >= 11 is 6.58. The second kappa shape index (κ2) is 8.14. The van der Waals surface area contributed by atoms with Gasteiger partial charge in [-0.2, -0.15) is 5.10 Å². The second-order valence-corrected chi connectivity index (χ2v) is 8.91. The van der Waals surface area contributed by atoms with Crippen LogP contribution in [0.15, 0.2) is 54.7 Å². The van der Waals surface area contributed by atoms with Crippen LogP contribution < -0.4 is 0 Å². The van der Waals surface area contributed by atoms with Crippen LogP contribution in [0.1, 0.15) is 54.3 Å². The molecule has 5 nitrogen and oxygen atoms in total. The molecule has 2 aromatic carbocycles. The molecule has 32 heavy (non-hydrogen) atoms. The molecular weight excluding hydrogens is 420 g/mol. The monoisotopic (exact) mass is 446 g/mol. The van der Waals surface area contributed by atoms with Crippen LogP contribution in [-0.2, 0) is 13.5 Å². The molecule has 0 spiro atoms. The summed E-state index contributed by atoms with van der Waals surface area (Å²) in [5, 5.41) is 6.42. The number of hydrogen-bond acceptors (Lipinski definition) is 2. The van der Waals surface area contributed by atoms with Crippen molar-refractivity contribution in [3.8, 4) is 11.3 Å². The van der Waals surface area contributed by atoms with Crippen molar-refractivity contribution in [1.82, 2.24) is 19.7 Å². The van der Waals surface area contributed by atoms with Crippen LogP contribution in [0.2, 0.25) is 5.02 Å². The summed E-state index contributed by atoms with van der Waals surface area (Å²) in [6.45, 7) is 4.27. The molecule has 0 aliphatic carbocycles. The van der Waals surface area contributed by atoms with E-state index < -0.39 is 0 Å². The molecule has 2 atom stereocenters.